The fraction of sp³-hybridized carbons (Fsp3) is 0.946. The van der Waals surface area contributed by atoms with Crippen molar-refractivity contribution >= 4 is 39.5 Å². The number of carbonyl (C=O) groups excluding carboxylic acids is 4. The largest absolute Gasteiger partial charge is 0.472 e. The van der Waals surface area contributed by atoms with Crippen LogP contribution in [-0.4, -0.2) is 96.7 Å². The Morgan fingerprint density at radius 3 is 0.731 bits per heavy atom. The summed E-state index contributed by atoms with van der Waals surface area (Å²) in [6.45, 7) is 9.52. The Kier molecular flexibility index (Phi) is 64.6. The molecule has 0 rings (SSSR count). The molecule has 17 nitrogen and oxygen atoms in total. The molecule has 0 aromatic carbocycles. The van der Waals surface area contributed by atoms with Crippen LogP contribution in [0, 0.1) is 11.8 Å². The number of aliphatic hydroxyl groups is 1. The quantitative estimate of drug-likeness (QED) is 0.0222. The molecule has 19 heteroatoms. The molecule has 0 bridgehead atoms. The van der Waals surface area contributed by atoms with Crippen molar-refractivity contribution in [2.24, 2.45) is 11.8 Å². The number of aliphatic hydroxyl groups excluding tert-OH is 1. The minimum Gasteiger partial charge on any atom is -0.462 e. The van der Waals surface area contributed by atoms with E-state index in [0.717, 1.165) is 102 Å². The molecule has 5 atom stereocenters. The average molecular weight is 1370 g/mol. The molecule has 2 unspecified atom stereocenters. The first kappa shape index (κ1) is 91.1. The van der Waals surface area contributed by atoms with Gasteiger partial charge < -0.3 is 33.8 Å². The molecule has 0 aromatic rings. The van der Waals surface area contributed by atoms with Crippen molar-refractivity contribution in [3.63, 3.8) is 0 Å². The summed E-state index contributed by atoms with van der Waals surface area (Å²) in [6.07, 6.45) is 52.7. The average Bonchev–Trinajstić information content (AvgIpc) is 1.44. The highest BCUT2D eigenvalue weighted by atomic mass is 31.2. The van der Waals surface area contributed by atoms with Crippen LogP contribution in [0.4, 0.5) is 0 Å². The van der Waals surface area contributed by atoms with Crippen molar-refractivity contribution in [2.75, 3.05) is 39.6 Å². The number of carbonyl (C=O) groups is 4. The first-order valence-electron chi connectivity index (χ1n) is 38.5. The van der Waals surface area contributed by atoms with Crippen molar-refractivity contribution < 1.29 is 80.2 Å². The van der Waals surface area contributed by atoms with Crippen molar-refractivity contribution in [3.05, 3.63) is 0 Å². The van der Waals surface area contributed by atoms with E-state index in [1.54, 1.807) is 0 Å². The van der Waals surface area contributed by atoms with Gasteiger partial charge in [0.25, 0.3) is 0 Å². The number of hydrogen-bond acceptors (Lipinski definition) is 15. The SMILES string of the molecule is CCCCCCCCCCCCCCCCC(=O)OC[C@H](COP(=O)(O)OC[C@@H](O)COP(=O)(O)OC[C@@H](COC(=O)CCCCCCCCC(C)C)OC(=O)CCCCCCCCCCCCCCCC)OC(=O)CCCCCCCCCCCCCCCC(C)C. The number of rotatable bonds is 73. The molecule has 0 aliphatic carbocycles. The number of hydrogen-bond donors (Lipinski definition) is 3. The molecule has 0 aromatic heterocycles. The number of esters is 4. The van der Waals surface area contributed by atoms with E-state index < -0.39 is 97.5 Å². The Labute approximate surface area is 568 Å². The second-order valence-electron chi connectivity index (χ2n) is 27.6. The number of phosphoric acid groups is 2. The zero-order valence-corrected chi connectivity index (χ0v) is 62.3. The first-order chi connectivity index (χ1) is 44.9. The van der Waals surface area contributed by atoms with E-state index in [1.165, 1.54) is 193 Å². The third-order valence-electron chi connectivity index (χ3n) is 17.2. The Bertz CT molecular complexity index is 1800. The zero-order chi connectivity index (χ0) is 68.6. The summed E-state index contributed by atoms with van der Waals surface area (Å²) in [5, 5.41) is 10.6. The predicted molar refractivity (Wildman–Crippen MR) is 377 cm³/mol. The van der Waals surface area contributed by atoms with Crippen LogP contribution < -0.4 is 0 Å². The minimum absolute atomic E-state index is 0.107. The lowest BCUT2D eigenvalue weighted by Gasteiger charge is -2.21. The standard InChI is InChI=1S/C74H144O17P2/c1-7-9-11-13-15-17-19-21-25-29-33-37-44-50-56-71(76)84-62-69(90-73(78)59-53-47-39-35-31-27-23-24-28-32-36-42-48-54-66(3)4)64-88-92(80,81)86-60-68(75)61-87-93(82,83)89-65-70(63-85-72(77)57-51-45-41-40-43-49-55-67(5)6)91-74(79)58-52-46-38-34-30-26-22-20-18-16-14-12-10-8-2/h66-70,75H,7-65H2,1-6H3,(H,80,81)(H,82,83)/t68-,69-,70-/m1/s1. The normalized spacial score (nSPS) is 14.1. The van der Waals surface area contributed by atoms with Gasteiger partial charge in [0.15, 0.2) is 12.2 Å². The summed E-state index contributed by atoms with van der Waals surface area (Å²) >= 11 is 0. The van der Waals surface area contributed by atoms with Crippen molar-refractivity contribution in [1.82, 2.24) is 0 Å². The second-order valence-corrected chi connectivity index (χ2v) is 30.5. The van der Waals surface area contributed by atoms with Gasteiger partial charge in [-0.2, -0.15) is 0 Å². The molecule has 3 N–H and O–H groups in total. The molecular formula is C74H144O17P2. The van der Waals surface area contributed by atoms with E-state index in [4.69, 9.17) is 37.0 Å². The first-order valence-corrected chi connectivity index (χ1v) is 41.5. The van der Waals surface area contributed by atoms with Gasteiger partial charge in [0.1, 0.15) is 19.3 Å². The zero-order valence-electron chi connectivity index (χ0n) is 60.6. The smallest absolute Gasteiger partial charge is 0.462 e. The van der Waals surface area contributed by atoms with Crippen LogP contribution in [-0.2, 0) is 65.4 Å². The Balaban J connectivity index is 5.24. The monoisotopic (exact) mass is 1370 g/mol. The third kappa shape index (κ3) is 68.4. The molecule has 0 spiro atoms. The molecule has 0 saturated carbocycles. The van der Waals surface area contributed by atoms with E-state index in [1.807, 2.05) is 0 Å². The van der Waals surface area contributed by atoms with E-state index >= 15 is 0 Å². The summed E-state index contributed by atoms with van der Waals surface area (Å²) in [6, 6.07) is 0. The van der Waals surface area contributed by atoms with Crippen molar-refractivity contribution in [3.8, 4) is 0 Å². The molecule has 0 fully saturated rings. The van der Waals surface area contributed by atoms with Gasteiger partial charge in [-0.15, -0.1) is 0 Å². The lowest BCUT2D eigenvalue weighted by molar-refractivity contribution is -0.161. The van der Waals surface area contributed by atoms with Gasteiger partial charge in [0.05, 0.1) is 26.4 Å². The predicted octanol–water partition coefficient (Wildman–Crippen LogP) is 21.6. The van der Waals surface area contributed by atoms with Crippen LogP contribution in [0.3, 0.4) is 0 Å². The molecule has 0 amide bonds. The molecule has 0 saturated heterocycles. The Morgan fingerprint density at radius 1 is 0.290 bits per heavy atom. The van der Waals surface area contributed by atoms with Gasteiger partial charge in [0, 0.05) is 25.7 Å². The van der Waals surface area contributed by atoms with Gasteiger partial charge in [-0.25, -0.2) is 9.13 Å². The number of ether oxygens (including phenoxy) is 4. The summed E-state index contributed by atoms with van der Waals surface area (Å²) in [5.74, 6) is -0.652. The van der Waals surface area contributed by atoms with Crippen LogP contribution in [0.15, 0.2) is 0 Å². The maximum atomic E-state index is 13.1. The van der Waals surface area contributed by atoms with Gasteiger partial charge >= 0.3 is 39.5 Å². The van der Waals surface area contributed by atoms with Gasteiger partial charge in [0.2, 0.25) is 0 Å². The van der Waals surface area contributed by atoms with E-state index in [-0.39, 0.29) is 25.7 Å². The lowest BCUT2D eigenvalue weighted by atomic mass is 10.0. The van der Waals surface area contributed by atoms with Crippen LogP contribution in [0.2, 0.25) is 0 Å². The number of phosphoric ester groups is 2. The fourth-order valence-corrected chi connectivity index (χ4v) is 12.9. The molecule has 0 heterocycles. The van der Waals surface area contributed by atoms with E-state index in [2.05, 4.69) is 41.5 Å². The maximum Gasteiger partial charge on any atom is 0.472 e. The van der Waals surface area contributed by atoms with Crippen molar-refractivity contribution in [1.29, 1.82) is 0 Å². The molecule has 0 aliphatic heterocycles. The molecule has 552 valence electrons. The molecule has 0 radical (unpaired) electrons. The van der Waals surface area contributed by atoms with Crippen molar-refractivity contribution in [2.45, 2.75) is 400 Å². The van der Waals surface area contributed by atoms with Crippen LogP contribution >= 0.6 is 15.6 Å². The Hall–Kier alpha value is -1.94. The van der Waals surface area contributed by atoms with Gasteiger partial charge in [-0.05, 0) is 37.5 Å². The lowest BCUT2D eigenvalue weighted by Crippen LogP contribution is -2.30. The van der Waals surface area contributed by atoms with E-state index in [9.17, 15) is 43.2 Å². The highest BCUT2D eigenvalue weighted by Gasteiger charge is 2.30. The highest BCUT2D eigenvalue weighted by molar-refractivity contribution is 7.47. The molecule has 93 heavy (non-hydrogen) atoms. The Morgan fingerprint density at radius 2 is 0.495 bits per heavy atom. The summed E-state index contributed by atoms with van der Waals surface area (Å²) in [7, 11) is -9.91. The third-order valence-corrected chi connectivity index (χ3v) is 19.1. The molecular weight excluding hydrogens is 1220 g/mol. The molecule has 0 aliphatic rings. The highest BCUT2D eigenvalue weighted by Crippen LogP contribution is 2.45. The van der Waals surface area contributed by atoms with Gasteiger partial charge in [-0.1, -0.05) is 330 Å². The fourth-order valence-electron chi connectivity index (χ4n) is 11.3. The van der Waals surface area contributed by atoms with Crippen LogP contribution in [0.5, 0.6) is 0 Å². The second kappa shape index (κ2) is 66.0. The minimum atomic E-state index is -4.95. The van der Waals surface area contributed by atoms with E-state index in [0.29, 0.717) is 31.6 Å². The van der Waals surface area contributed by atoms with Crippen LogP contribution in [0.25, 0.3) is 0 Å². The number of unbranched alkanes of at least 4 members (excludes halogenated alkanes) is 43. The van der Waals surface area contributed by atoms with Gasteiger partial charge in [-0.3, -0.25) is 37.3 Å². The summed E-state index contributed by atoms with van der Waals surface area (Å²) < 4.78 is 68.4. The maximum absolute atomic E-state index is 13.1. The topological polar surface area (TPSA) is 237 Å². The van der Waals surface area contributed by atoms with Crippen LogP contribution in [0.1, 0.15) is 382 Å². The summed E-state index contributed by atoms with van der Waals surface area (Å²) in [4.78, 5) is 72.7. The summed E-state index contributed by atoms with van der Waals surface area (Å²) in [5.41, 5.74) is 0.